The minimum Gasteiger partial charge on any atom is -0.444 e. The van der Waals surface area contributed by atoms with Crippen molar-refractivity contribution >= 4 is 5.91 Å². The number of nitrogens with zero attached hydrogens (tertiary/aromatic N) is 1. The highest BCUT2D eigenvalue weighted by Crippen LogP contribution is 2.09. The molecular formula is C13H21N3O2. The molecule has 2 rings (SSSR count). The Morgan fingerprint density at radius 1 is 1.56 bits per heavy atom. The molecule has 1 atom stereocenters. The van der Waals surface area contributed by atoms with Gasteiger partial charge in [0.2, 0.25) is 11.8 Å². The predicted molar refractivity (Wildman–Crippen MR) is 68.0 cm³/mol. The molecule has 5 heteroatoms. The first-order chi connectivity index (χ1) is 8.79. The lowest BCUT2D eigenvalue weighted by atomic mass is 10.1. The second-order valence-corrected chi connectivity index (χ2v) is 4.65. The number of amides is 1. The Morgan fingerprint density at radius 3 is 3.22 bits per heavy atom. The SMILES string of the molecule is CCc1cnc(CNC(=O)C2CCCCCN2)o1. The van der Waals surface area contributed by atoms with Crippen LogP contribution in [-0.4, -0.2) is 23.5 Å². The van der Waals surface area contributed by atoms with Crippen LogP contribution in [0.4, 0.5) is 0 Å². The molecule has 0 radical (unpaired) electrons. The van der Waals surface area contributed by atoms with Gasteiger partial charge in [-0.2, -0.15) is 0 Å². The number of hydrogen-bond donors (Lipinski definition) is 2. The Hall–Kier alpha value is -1.36. The fraction of sp³-hybridized carbons (Fsp3) is 0.692. The predicted octanol–water partition coefficient (Wildman–Crippen LogP) is 1.39. The zero-order valence-corrected chi connectivity index (χ0v) is 10.9. The Labute approximate surface area is 107 Å². The summed E-state index contributed by atoms with van der Waals surface area (Å²) in [6, 6.07) is -0.0619. The van der Waals surface area contributed by atoms with Gasteiger partial charge in [0, 0.05) is 6.42 Å². The first kappa shape index (κ1) is 13.1. The quantitative estimate of drug-likeness (QED) is 0.848. The lowest BCUT2D eigenvalue weighted by molar-refractivity contribution is -0.123. The summed E-state index contributed by atoms with van der Waals surface area (Å²) >= 11 is 0. The zero-order chi connectivity index (χ0) is 12.8. The maximum absolute atomic E-state index is 12.0. The average Bonchev–Trinajstić information content (AvgIpc) is 2.68. The van der Waals surface area contributed by atoms with Crippen molar-refractivity contribution < 1.29 is 9.21 Å². The van der Waals surface area contributed by atoms with Crippen molar-refractivity contribution in [3.63, 3.8) is 0 Å². The van der Waals surface area contributed by atoms with Gasteiger partial charge in [-0.1, -0.05) is 19.8 Å². The van der Waals surface area contributed by atoms with Crippen LogP contribution in [-0.2, 0) is 17.8 Å². The topological polar surface area (TPSA) is 67.2 Å². The molecule has 0 aromatic carbocycles. The number of nitrogens with one attached hydrogen (secondary N) is 2. The summed E-state index contributed by atoms with van der Waals surface area (Å²) in [4.78, 5) is 16.1. The number of hydrogen-bond acceptors (Lipinski definition) is 4. The molecule has 2 N–H and O–H groups in total. The molecule has 1 aromatic rings. The van der Waals surface area contributed by atoms with Gasteiger partial charge in [0.05, 0.1) is 18.8 Å². The van der Waals surface area contributed by atoms with Gasteiger partial charge in [0.1, 0.15) is 5.76 Å². The van der Waals surface area contributed by atoms with E-state index in [2.05, 4.69) is 15.6 Å². The number of carbonyl (C=O) groups is 1. The highest BCUT2D eigenvalue weighted by molar-refractivity contribution is 5.81. The third kappa shape index (κ3) is 3.57. The molecule has 2 heterocycles. The van der Waals surface area contributed by atoms with Crippen molar-refractivity contribution in [2.45, 2.75) is 51.6 Å². The summed E-state index contributed by atoms with van der Waals surface area (Å²) in [6.45, 7) is 3.31. The molecule has 0 aliphatic carbocycles. The van der Waals surface area contributed by atoms with E-state index >= 15 is 0 Å². The van der Waals surface area contributed by atoms with Crippen molar-refractivity contribution in [3.05, 3.63) is 17.8 Å². The monoisotopic (exact) mass is 251 g/mol. The average molecular weight is 251 g/mol. The van der Waals surface area contributed by atoms with Crippen molar-refractivity contribution in [1.29, 1.82) is 0 Å². The van der Waals surface area contributed by atoms with E-state index in [0.29, 0.717) is 12.4 Å². The van der Waals surface area contributed by atoms with Crippen molar-refractivity contribution in [1.82, 2.24) is 15.6 Å². The van der Waals surface area contributed by atoms with Crippen LogP contribution in [0.2, 0.25) is 0 Å². The second-order valence-electron chi connectivity index (χ2n) is 4.65. The molecule has 1 unspecified atom stereocenters. The summed E-state index contributed by atoms with van der Waals surface area (Å²) < 4.78 is 5.45. The number of rotatable bonds is 4. The molecule has 1 aliphatic rings. The van der Waals surface area contributed by atoms with Gasteiger partial charge in [0.15, 0.2) is 0 Å². The Bertz CT molecular complexity index is 381. The molecule has 1 amide bonds. The fourth-order valence-corrected chi connectivity index (χ4v) is 2.13. The van der Waals surface area contributed by atoms with Crippen LogP contribution < -0.4 is 10.6 Å². The zero-order valence-electron chi connectivity index (χ0n) is 10.9. The van der Waals surface area contributed by atoms with Crippen LogP contribution in [0.3, 0.4) is 0 Å². The van der Waals surface area contributed by atoms with E-state index in [0.717, 1.165) is 38.0 Å². The van der Waals surface area contributed by atoms with E-state index < -0.39 is 0 Å². The standard InChI is InChI=1S/C13H21N3O2/c1-2-10-8-15-12(18-10)9-16-13(17)11-6-4-3-5-7-14-11/h8,11,14H,2-7,9H2,1H3,(H,16,17). The third-order valence-corrected chi connectivity index (χ3v) is 3.24. The van der Waals surface area contributed by atoms with Crippen LogP contribution in [0.1, 0.15) is 44.3 Å². The first-order valence-corrected chi connectivity index (χ1v) is 6.74. The normalized spacial score (nSPS) is 20.4. The lowest BCUT2D eigenvalue weighted by Crippen LogP contribution is -2.43. The maximum atomic E-state index is 12.0. The van der Waals surface area contributed by atoms with E-state index in [-0.39, 0.29) is 11.9 Å². The van der Waals surface area contributed by atoms with Crippen LogP contribution >= 0.6 is 0 Å². The first-order valence-electron chi connectivity index (χ1n) is 6.74. The van der Waals surface area contributed by atoms with Crippen molar-refractivity contribution in [2.75, 3.05) is 6.54 Å². The molecule has 1 aromatic heterocycles. The molecule has 5 nitrogen and oxygen atoms in total. The molecule has 1 saturated heterocycles. The number of oxazole rings is 1. The van der Waals surface area contributed by atoms with Crippen LogP contribution in [0.15, 0.2) is 10.6 Å². The molecule has 1 aliphatic heterocycles. The number of aryl methyl sites for hydroxylation is 1. The highest BCUT2D eigenvalue weighted by Gasteiger charge is 2.19. The smallest absolute Gasteiger partial charge is 0.237 e. The van der Waals surface area contributed by atoms with Crippen molar-refractivity contribution in [3.8, 4) is 0 Å². The molecule has 0 saturated carbocycles. The summed E-state index contributed by atoms with van der Waals surface area (Å²) in [5.74, 6) is 1.48. The minimum absolute atomic E-state index is 0.0492. The van der Waals surface area contributed by atoms with Crippen molar-refractivity contribution in [2.24, 2.45) is 0 Å². The van der Waals surface area contributed by atoms with Crippen LogP contribution in [0.25, 0.3) is 0 Å². The third-order valence-electron chi connectivity index (χ3n) is 3.24. The van der Waals surface area contributed by atoms with Crippen LogP contribution in [0.5, 0.6) is 0 Å². The lowest BCUT2D eigenvalue weighted by Gasteiger charge is -2.14. The molecule has 0 bridgehead atoms. The van der Waals surface area contributed by atoms with Gasteiger partial charge < -0.3 is 15.1 Å². The molecule has 1 fully saturated rings. The van der Waals surface area contributed by atoms with E-state index in [9.17, 15) is 4.79 Å². The minimum atomic E-state index is -0.0619. The Kier molecular flexibility index (Phi) is 4.75. The van der Waals surface area contributed by atoms with Crippen LogP contribution in [0, 0.1) is 0 Å². The van der Waals surface area contributed by atoms with Gasteiger partial charge in [-0.25, -0.2) is 4.98 Å². The van der Waals surface area contributed by atoms with E-state index in [1.54, 1.807) is 6.20 Å². The van der Waals surface area contributed by atoms with Gasteiger partial charge >= 0.3 is 0 Å². The van der Waals surface area contributed by atoms with Gasteiger partial charge in [-0.3, -0.25) is 4.79 Å². The van der Waals surface area contributed by atoms with Gasteiger partial charge in [-0.05, 0) is 19.4 Å². The van der Waals surface area contributed by atoms with Gasteiger partial charge in [0.25, 0.3) is 0 Å². The number of carbonyl (C=O) groups excluding carboxylic acids is 1. The Balaban J connectivity index is 1.79. The van der Waals surface area contributed by atoms with Gasteiger partial charge in [-0.15, -0.1) is 0 Å². The van der Waals surface area contributed by atoms with E-state index in [1.165, 1.54) is 6.42 Å². The Morgan fingerprint density at radius 2 is 2.44 bits per heavy atom. The largest absolute Gasteiger partial charge is 0.444 e. The van der Waals surface area contributed by atoms with E-state index in [1.807, 2.05) is 6.92 Å². The maximum Gasteiger partial charge on any atom is 0.237 e. The summed E-state index contributed by atoms with van der Waals surface area (Å²) in [5.41, 5.74) is 0. The highest BCUT2D eigenvalue weighted by atomic mass is 16.4. The molecular weight excluding hydrogens is 230 g/mol. The molecule has 100 valence electrons. The summed E-state index contributed by atoms with van der Waals surface area (Å²) in [7, 11) is 0. The molecule has 18 heavy (non-hydrogen) atoms. The fourth-order valence-electron chi connectivity index (χ4n) is 2.13. The molecule has 0 spiro atoms. The second kappa shape index (κ2) is 6.54. The summed E-state index contributed by atoms with van der Waals surface area (Å²) in [5, 5.41) is 6.15. The van der Waals surface area contributed by atoms with E-state index in [4.69, 9.17) is 4.42 Å². The summed E-state index contributed by atoms with van der Waals surface area (Å²) in [6.07, 6.45) is 6.93. The number of aromatic nitrogens is 1.